The molecule has 0 amide bonds. The molecule has 1 aliphatic heterocycles. The van der Waals surface area contributed by atoms with Crippen molar-refractivity contribution in [1.29, 1.82) is 0 Å². The molecule has 0 unspecified atom stereocenters. The summed E-state index contributed by atoms with van der Waals surface area (Å²) in [6.07, 6.45) is 0. The molecule has 0 saturated carbocycles. The molecular weight excluding hydrogens is 288 g/mol. The Morgan fingerprint density at radius 2 is 1.94 bits per heavy atom. The van der Waals surface area contributed by atoms with Crippen molar-refractivity contribution >= 4 is 27.3 Å². The largest absolute Gasteiger partial charge is 0.395 e. The fourth-order valence-corrected chi connectivity index (χ4v) is 3.47. The molecule has 90 valence electrons. The molecule has 1 N–H and O–H groups in total. The zero-order valence-electron chi connectivity index (χ0n) is 9.23. The molecule has 1 saturated heterocycles. The molecule has 0 atom stereocenters. The van der Waals surface area contributed by atoms with E-state index in [0.717, 1.165) is 39.3 Å². The molecule has 1 aliphatic rings. The van der Waals surface area contributed by atoms with Crippen molar-refractivity contribution in [3.63, 3.8) is 0 Å². The summed E-state index contributed by atoms with van der Waals surface area (Å²) in [6.45, 7) is 6.49. The minimum absolute atomic E-state index is 0.274. The summed E-state index contributed by atoms with van der Waals surface area (Å²) in [5, 5.41) is 11.0. The van der Waals surface area contributed by atoms with E-state index in [0.29, 0.717) is 0 Å². The second kappa shape index (κ2) is 6.12. The third kappa shape index (κ3) is 3.28. The Bertz CT molecular complexity index is 324. The normalized spacial score (nSPS) is 19.1. The van der Waals surface area contributed by atoms with Gasteiger partial charge in [0.25, 0.3) is 0 Å². The predicted octanol–water partition coefficient (Wildman–Crippen LogP) is 1.62. The summed E-state index contributed by atoms with van der Waals surface area (Å²) >= 11 is 5.38. The van der Waals surface area contributed by atoms with Crippen LogP contribution in [0, 0.1) is 0 Å². The van der Waals surface area contributed by atoms with Crippen molar-refractivity contribution in [3.05, 3.63) is 20.8 Å². The molecule has 0 aliphatic carbocycles. The maximum Gasteiger partial charge on any atom is 0.0558 e. The highest BCUT2D eigenvalue weighted by atomic mass is 79.9. The summed E-state index contributed by atoms with van der Waals surface area (Å²) in [6, 6.07) is 2.11. The average molecular weight is 305 g/mol. The zero-order chi connectivity index (χ0) is 11.4. The van der Waals surface area contributed by atoms with Crippen molar-refractivity contribution in [1.82, 2.24) is 9.80 Å². The van der Waals surface area contributed by atoms with Gasteiger partial charge in [-0.05, 0) is 27.4 Å². The molecule has 0 radical (unpaired) electrons. The fraction of sp³-hybridized carbons (Fsp3) is 0.636. The van der Waals surface area contributed by atoms with Gasteiger partial charge in [0, 0.05) is 48.6 Å². The summed E-state index contributed by atoms with van der Waals surface area (Å²) in [5.74, 6) is 0. The van der Waals surface area contributed by atoms with Gasteiger partial charge in [-0.3, -0.25) is 9.80 Å². The Hall–Kier alpha value is 0.0600. The van der Waals surface area contributed by atoms with Crippen LogP contribution in [0.5, 0.6) is 0 Å². The Morgan fingerprint density at radius 1 is 1.25 bits per heavy atom. The van der Waals surface area contributed by atoms with Crippen LogP contribution in [-0.2, 0) is 6.54 Å². The lowest BCUT2D eigenvalue weighted by molar-refractivity contribution is 0.109. The Balaban J connectivity index is 1.79. The smallest absolute Gasteiger partial charge is 0.0558 e. The first kappa shape index (κ1) is 12.5. The van der Waals surface area contributed by atoms with E-state index in [1.54, 1.807) is 0 Å². The number of nitrogens with zero attached hydrogens (tertiary/aromatic N) is 2. The number of hydrogen-bond acceptors (Lipinski definition) is 4. The summed E-state index contributed by atoms with van der Waals surface area (Å²) in [7, 11) is 0. The van der Waals surface area contributed by atoms with Gasteiger partial charge in [-0.2, -0.15) is 0 Å². The van der Waals surface area contributed by atoms with E-state index in [2.05, 4.69) is 37.2 Å². The zero-order valence-corrected chi connectivity index (χ0v) is 11.6. The molecule has 2 heterocycles. The molecule has 16 heavy (non-hydrogen) atoms. The van der Waals surface area contributed by atoms with Gasteiger partial charge in [0.15, 0.2) is 0 Å². The topological polar surface area (TPSA) is 26.7 Å². The number of aliphatic hydroxyl groups excluding tert-OH is 1. The molecule has 1 fully saturated rings. The van der Waals surface area contributed by atoms with Gasteiger partial charge in [-0.1, -0.05) is 0 Å². The van der Waals surface area contributed by atoms with Crippen LogP contribution in [0.15, 0.2) is 15.9 Å². The molecule has 2 rings (SSSR count). The maximum absolute atomic E-state index is 8.87. The lowest BCUT2D eigenvalue weighted by Crippen LogP contribution is -2.46. The van der Waals surface area contributed by atoms with Gasteiger partial charge < -0.3 is 5.11 Å². The molecule has 0 aromatic carbocycles. The van der Waals surface area contributed by atoms with Crippen molar-refractivity contribution in [2.45, 2.75) is 6.54 Å². The van der Waals surface area contributed by atoms with E-state index in [1.165, 1.54) is 9.35 Å². The van der Waals surface area contributed by atoms with Gasteiger partial charge in [0.1, 0.15) is 0 Å². The lowest BCUT2D eigenvalue weighted by atomic mass is 10.3. The number of piperazine rings is 1. The number of halogens is 1. The van der Waals surface area contributed by atoms with Crippen LogP contribution in [0.3, 0.4) is 0 Å². The van der Waals surface area contributed by atoms with E-state index in [4.69, 9.17) is 5.11 Å². The second-order valence-electron chi connectivity index (χ2n) is 4.03. The first-order chi connectivity index (χ1) is 7.79. The molecule has 1 aromatic heterocycles. The minimum atomic E-state index is 0.274. The molecule has 1 aromatic rings. The molecule has 0 spiro atoms. The van der Waals surface area contributed by atoms with Crippen molar-refractivity contribution in [2.24, 2.45) is 0 Å². The Morgan fingerprint density at radius 3 is 2.50 bits per heavy atom. The summed E-state index contributed by atoms with van der Waals surface area (Å²) < 4.78 is 1.23. The van der Waals surface area contributed by atoms with Crippen molar-refractivity contribution in [3.8, 4) is 0 Å². The Labute approximate surface area is 109 Å². The molecule has 3 nitrogen and oxygen atoms in total. The number of aliphatic hydroxyl groups is 1. The van der Waals surface area contributed by atoms with Crippen LogP contribution in [0.2, 0.25) is 0 Å². The SMILES string of the molecule is OCCN1CCN(Cc2sccc2Br)CC1. The summed E-state index contributed by atoms with van der Waals surface area (Å²) in [4.78, 5) is 6.21. The maximum atomic E-state index is 8.87. The molecular formula is C11H17BrN2OS. The first-order valence-electron chi connectivity index (χ1n) is 5.57. The van der Waals surface area contributed by atoms with E-state index in [1.807, 2.05) is 11.3 Å². The van der Waals surface area contributed by atoms with Crippen LogP contribution in [0.1, 0.15) is 4.88 Å². The molecule has 0 bridgehead atoms. The standard InChI is InChI=1S/C11H17BrN2OS/c12-10-1-8-16-11(10)9-14-4-2-13(3-5-14)6-7-15/h1,8,15H,2-7,9H2. The predicted molar refractivity (Wildman–Crippen MR) is 70.8 cm³/mol. The number of thiophene rings is 1. The average Bonchev–Trinajstić information content (AvgIpc) is 2.68. The van der Waals surface area contributed by atoms with Crippen LogP contribution in [-0.4, -0.2) is 54.2 Å². The van der Waals surface area contributed by atoms with Crippen molar-refractivity contribution < 1.29 is 5.11 Å². The van der Waals surface area contributed by atoms with Gasteiger partial charge >= 0.3 is 0 Å². The highest BCUT2D eigenvalue weighted by Crippen LogP contribution is 2.24. The van der Waals surface area contributed by atoms with Gasteiger partial charge in [0.2, 0.25) is 0 Å². The first-order valence-corrected chi connectivity index (χ1v) is 7.24. The van der Waals surface area contributed by atoms with E-state index in [-0.39, 0.29) is 6.61 Å². The van der Waals surface area contributed by atoms with E-state index < -0.39 is 0 Å². The summed E-state index contributed by atoms with van der Waals surface area (Å²) in [5.41, 5.74) is 0. The van der Waals surface area contributed by atoms with Gasteiger partial charge in [-0.15, -0.1) is 11.3 Å². The third-order valence-corrected chi connectivity index (χ3v) is 4.85. The van der Waals surface area contributed by atoms with Gasteiger partial charge in [-0.25, -0.2) is 0 Å². The number of rotatable bonds is 4. The highest BCUT2D eigenvalue weighted by Gasteiger charge is 2.17. The van der Waals surface area contributed by atoms with Crippen molar-refractivity contribution in [2.75, 3.05) is 39.3 Å². The van der Waals surface area contributed by atoms with Crippen LogP contribution in [0.4, 0.5) is 0 Å². The van der Waals surface area contributed by atoms with Crippen LogP contribution < -0.4 is 0 Å². The fourth-order valence-electron chi connectivity index (χ4n) is 1.95. The third-order valence-electron chi connectivity index (χ3n) is 2.94. The van der Waals surface area contributed by atoms with Crippen LogP contribution in [0.25, 0.3) is 0 Å². The highest BCUT2D eigenvalue weighted by molar-refractivity contribution is 9.10. The number of hydrogen-bond donors (Lipinski definition) is 1. The lowest BCUT2D eigenvalue weighted by Gasteiger charge is -2.34. The second-order valence-corrected chi connectivity index (χ2v) is 5.89. The minimum Gasteiger partial charge on any atom is -0.395 e. The van der Waals surface area contributed by atoms with Gasteiger partial charge in [0.05, 0.1) is 6.61 Å². The Kier molecular flexibility index (Phi) is 4.79. The van der Waals surface area contributed by atoms with E-state index in [9.17, 15) is 0 Å². The van der Waals surface area contributed by atoms with E-state index >= 15 is 0 Å². The van der Waals surface area contributed by atoms with Crippen LogP contribution >= 0.6 is 27.3 Å². The quantitative estimate of drug-likeness (QED) is 0.916. The monoisotopic (exact) mass is 304 g/mol. The molecule has 5 heteroatoms. The number of β-amino-alcohol motifs (C(OH)–C–C–N with tert-alkyl or cyclic N) is 1.